The van der Waals surface area contributed by atoms with Gasteiger partial charge in [-0.1, -0.05) is 36.0 Å². The van der Waals surface area contributed by atoms with Gasteiger partial charge in [0.1, 0.15) is 9.92 Å². The van der Waals surface area contributed by atoms with Gasteiger partial charge in [0, 0.05) is 38.2 Å². The number of carbonyl (C=O) groups excluding carboxylic acids is 1. The molecule has 8 heteroatoms. The number of aryl methyl sites for hydroxylation is 5. The van der Waals surface area contributed by atoms with Crippen LogP contribution < -0.4 is 5.32 Å². The second kappa shape index (κ2) is 9.60. The maximum atomic E-state index is 13.4. The molecule has 5 nitrogen and oxygen atoms in total. The summed E-state index contributed by atoms with van der Waals surface area (Å²) in [5, 5.41) is 6.53. The summed E-state index contributed by atoms with van der Waals surface area (Å²) in [4.78, 5) is 23.8. The zero-order chi connectivity index (χ0) is 24.7. The molecule has 35 heavy (non-hydrogen) atoms. The Balaban J connectivity index is 1.44. The van der Waals surface area contributed by atoms with Gasteiger partial charge < -0.3 is 4.42 Å². The van der Waals surface area contributed by atoms with Crippen LogP contribution in [0.4, 0.5) is 5.13 Å². The lowest BCUT2D eigenvalue weighted by Crippen LogP contribution is -2.12. The number of aromatic nitrogens is 2. The molecule has 0 atom stereocenters. The summed E-state index contributed by atoms with van der Waals surface area (Å²) in [5.74, 6) is 0.629. The SMILES string of the molecule is Cc1csc(SCc2c(C(=O)Nc3nc(-c4cc(C)c(C)cc4C)c(C)s3)oc3ccccc23)n1. The molecule has 0 bridgehead atoms. The maximum Gasteiger partial charge on any atom is 0.293 e. The first-order valence-electron chi connectivity index (χ1n) is 11.2. The Morgan fingerprint density at radius 3 is 2.57 bits per heavy atom. The minimum atomic E-state index is -0.288. The molecule has 0 radical (unpaired) electrons. The lowest BCUT2D eigenvalue weighted by Gasteiger charge is -2.08. The van der Waals surface area contributed by atoms with E-state index in [1.807, 2.05) is 43.5 Å². The Hall–Kier alpha value is -2.94. The topological polar surface area (TPSA) is 68.0 Å². The van der Waals surface area contributed by atoms with Crippen LogP contribution in [0.25, 0.3) is 22.2 Å². The number of para-hydroxylation sites is 1. The highest BCUT2D eigenvalue weighted by Crippen LogP contribution is 2.36. The van der Waals surface area contributed by atoms with Crippen molar-refractivity contribution in [1.82, 2.24) is 9.97 Å². The molecule has 0 spiro atoms. The van der Waals surface area contributed by atoms with E-state index in [1.165, 1.54) is 28.0 Å². The lowest BCUT2D eigenvalue weighted by molar-refractivity contribution is 0.0998. The van der Waals surface area contributed by atoms with E-state index in [9.17, 15) is 4.79 Å². The van der Waals surface area contributed by atoms with Gasteiger partial charge in [0.25, 0.3) is 5.91 Å². The third-order valence-corrected chi connectivity index (χ3v) is 9.01. The average molecular weight is 520 g/mol. The van der Waals surface area contributed by atoms with E-state index < -0.39 is 0 Å². The van der Waals surface area contributed by atoms with Gasteiger partial charge in [-0.15, -0.1) is 22.7 Å². The minimum absolute atomic E-state index is 0.288. The van der Waals surface area contributed by atoms with Crippen LogP contribution in [0, 0.1) is 34.6 Å². The van der Waals surface area contributed by atoms with Crippen LogP contribution in [0.3, 0.4) is 0 Å². The van der Waals surface area contributed by atoms with Crippen LogP contribution in [0.15, 0.2) is 50.5 Å². The first-order chi connectivity index (χ1) is 16.8. The molecule has 0 saturated carbocycles. The van der Waals surface area contributed by atoms with Crippen molar-refractivity contribution in [3.63, 3.8) is 0 Å². The van der Waals surface area contributed by atoms with Gasteiger partial charge in [-0.3, -0.25) is 10.1 Å². The van der Waals surface area contributed by atoms with Crippen molar-refractivity contribution in [3.05, 3.63) is 80.4 Å². The molecule has 3 aromatic heterocycles. The first-order valence-corrected chi connectivity index (χ1v) is 13.9. The Labute approximate surface area is 216 Å². The predicted octanol–water partition coefficient (Wildman–Crippen LogP) is 8.10. The molecular weight excluding hydrogens is 495 g/mol. The van der Waals surface area contributed by atoms with E-state index in [4.69, 9.17) is 9.40 Å². The lowest BCUT2D eigenvalue weighted by atomic mass is 9.98. The van der Waals surface area contributed by atoms with Crippen LogP contribution in [0.2, 0.25) is 0 Å². The Bertz CT molecular complexity index is 1560. The number of nitrogens with one attached hydrogen (secondary N) is 1. The number of benzene rings is 2. The zero-order valence-electron chi connectivity index (χ0n) is 20.2. The summed E-state index contributed by atoms with van der Waals surface area (Å²) in [6.45, 7) is 10.3. The normalized spacial score (nSPS) is 11.3. The maximum absolute atomic E-state index is 13.4. The molecule has 5 rings (SSSR count). The van der Waals surface area contributed by atoms with E-state index in [0.29, 0.717) is 22.2 Å². The van der Waals surface area contributed by atoms with Gasteiger partial charge in [-0.25, -0.2) is 9.97 Å². The van der Waals surface area contributed by atoms with Gasteiger partial charge in [0.05, 0.1) is 5.69 Å². The molecule has 2 aromatic carbocycles. The highest BCUT2D eigenvalue weighted by molar-refractivity contribution is 8.00. The number of fused-ring (bicyclic) bond motifs is 1. The molecule has 1 N–H and O–H groups in total. The Morgan fingerprint density at radius 2 is 1.80 bits per heavy atom. The average Bonchev–Trinajstić information content (AvgIpc) is 3.51. The third kappa shape index (κ3) is 4.78. The Kier molecular flexibility index (Phi) is 6.53. The van der Waals surface area contributed by atoms with Crippen LogP contribution in [0.5, 0.6) is 0 Å². The highest BCUT2D eigenvalue weighted by Gasteiger charge is 2.23. The fourth-order valence-corrected chi connectivity index (χ4v) is 6.73. The van der Waals surface area contributed by atoms with Gasteiger partial charge in [0.15, 0.2) is 10.9 Å². The molecule has 0 unspecified atom stereocenters. The van der Waals surface area contributed by atoms with E-state index >= 15 is 0 Å². The molecule has 0 aliphatic rings. The van der Waals surface area contributed by atoms with Crippen LogP contribution in [-0.4, -0.2) is 15.9 Å². The summed E-state index contributed by atoms with van der Waals surface area (Å²) in [6.07, 6.45) is 0. The molecule has 0 aliphatic carbocycles. The van der Waals surface area contributed by atoms with E-state index in [2.05, 4.69) is 43.2 Å². The van der Waals surface area contributed by atoms with Crippen LogP contribution >= 0.6 is 34.4 Å². The van der Waals surface area contributed by atoms with Gasteiger partial charge in [0.2, 0.25) is 0 Å². The number of carbonyl (C=O) groups is 1. The van der Waals surface area contributed by atoms with Crippen molar-refractivity contribution in [2.24, 2.45) is 0 Å². The summed E-state index contributed by atoms with van der Waals surface area (Å²) >= 11 is 4.70. The summed E-state index contributed by atoms with van der Waals surface area (Å²) in [7, 11) is 0. The van der Waals surface area contributed by atoms with Crippen molar-refractivity contribution in [1.29, 1.82) is 0 Å². The fraction of sp³-hybridized carbons (Fsp3) is 0.222. The number of anilines is 1. The predicted molar refractivity (Wildman–Crippen MR) is 147 cm³/mol. The third-order valence-electron chi connectivity index (χ3n) is 5.96. The number of hydrogen-bond donors (Lipinski definition) is 1. The molecule has 178 valence electrons. The van der Waals surface area contributed by atoms with Crippen molar-refractivity contribution in [2.45, 2.75) is 44.7 Å². The minimum Gasteiger partial charge on any atom is -0.451 e. The van der Waals surface area contributed by atoms with Crippen molar-refractivity contribution < 1.29 is 9.21 Å². The molecule has 0 saturated heterocycles. The molecule has 0 fully saturated rings. The Morgan fingerprint density at radius 1 is 1.03 bits per heavy atom. The molecule has 0 aliphatic heterocycles. The van der Waals surface area contributed by atoms with Crippen LogP contribution in [0.1, 0.15) is 43.4 Å². The van der Waals surface area contributed by atoms with Crippen LogP contribution in [-0.2, 0) is 5.75 Å². The number of nitrogens with zero attached hydrogens (tertiary/aromatic N) is 2. The van der Waals surface area contributed by atoms with Gasteiger partial charge in [-0.2, -0.15) is 0 Å². The standard InChI is InChI=1S/C27H25N3O2S3/c1-14-10-16(3)20(11-15(14)2)23-18(5)35-26(29-23)30-25(31)24-21(13-34-27-28-17(4)12-33-27)19-8-6-7-9-22(19)32-24/h6-12H,13H2,1-5H3,(H,29,30,31). The summed E-state index contributed by atoms with van der Waals surface area (Å²) < 4.78 is 7.01. The zero-order valence-corrected chi connectivity index (χ0v) is 22.6. The number of rotatable bonds is 6. The van der Waals surface area contributed by atoms with Crippen molar-refractivity contribution in [3.8, 4) is 11.3 Å². The number of hydrogen-bond acceptors (Lipinski definition) is 7. The largest absolute Gasteiger partial charge is 0.451 e. The van der Waals surface area contributed by atoms with Crippen molar-refractivity contribution in [2.75, 3.05) is 5.32 Å². The second-order valence-electron chi connectivity index (χ2n) is 8.58. The smallest absolute Gasteiger partial charge is 0.293 e. The molecular formula is C27H25N3O2S3. The number of amides is 1. The van der Waals surface area contributed by atoms with E-state index in [-0.39, 0.29) is 5.91 Å². The van der Waals surface area contributed by atoms with Gasteiger partial charge >= 0.3 is 0 Å². The number of thiazole rings is 2. The first kappa shape index (κ1) is 23.8. The summed E-state index contributed by atoms with van der Waals surface area (Å²) in [5.41, 5.74) is 8.24. The molecule has 1 amide bonds. The quantitative estimate of drug-likeness (QED) is 0.230. The van der Waals surface area contributed by atoms with Crippen molar-refractivity contribution >= 4 is 56.4 Å². The van der Waals surface area contributed by atoms with E-state index in [0.717, 1.165) is 37.1 Å². The van der Waals surface area contributed by atoms with E-state index in [1.54, 1.807) is 23.1 Å². The number of thioether (sulfide) groups is 1. The molecule has 5 aromatic rings. The fourth-order valence-electron chi connectivity index (χ4n) is 4.03. The highest BCUT2D eigenvalue weighted by atomic mass is 32.2. The second-order valence-corrected chi connectivity index (χ2v) is 11.9. The number of furan rings is 1. The monoisotopic (exact) mass is 519 g/mol. The van der Waals surface area contributed by atoms with Gasteiger partial charge in [-0.05, 0) is 63.4 Å². The summed E-state index contributed by atoms with van der Waals surface area (Å²) in [6, 6.07) is 12.1. The molecule has 3 heterocycles.